The quantitative estimate of drug-likeness (QED) is 0.311. The average molecular weight is 552 g/mol. The van der Waals surface area contributed by atoms with E-state index in [0.29, 0.717) is 29.1 Å². The minimum Gasteiger partial charge on any atom is -0.494 e. The molecular weight excluding hydrogens is 520 g/mol. The Morgan fingerprint density at radius 2 is 1.73 bits per heavy atom. The molecule has 1 aliphatic carbocycles. The number of hydrogen-bond donors (Lipinski definition) is 0. The van der Waals surface area contributed by atoms with Crippen molar-refractivity contribution in [3.8, 4) is 33.9 Å². The van der Waals surface area contributed by atoms with Crippen LogP contribution in [-0.4, -0.2) is 71.3 Å². The SMILES string of the molecule is COc1cc(OC)c(F)c(-c2cc3cnc(-c4cnn(CCN5CCOCC5)c4)cc3n(CC3CC3)c2=O)c1F. The highest BCUT2D eigenvalue weighted by Crippen LogP contribution is 2.38. The lowest BCUT2D eigenvalue weighted by atomic mass is 10.0. The Hall–Kier alpha value is -3.83. The number of pyridine rings is 2. The third-order valence-corrected chi connectivity index (χ3v) is 7.64. The molecule has 6 rings (SSSR count). The summed E-state index contributed by atoms with van der Waals surface area (Å²) in [6, 6.07) is 4.47. The minimum absolute atomic E-state index is 0.106. The lowest BCUT2D eigenvalue weighted by Gasteiger charge is -2.26. The van der Waals surface area contributed by atoms with Gasteiger partial charge in [0.25, 0.3) is 5.56 Å². The van der Waals surface area contributed by atoms with E-state index < -0.39 is 22.8 Å². The Morgan fingerprint density at radius 3 is 2.40 bits per heavy atom. The van der Waals surface area contributed by atoms with Crippen molar-refractivity contribution in [2.75, 3.05) is 47.1 Å². The third kappa shape index (κ3) is 5.06. The first kappa shape index (κ1) is 26.4. The molecule has 0 unspecified atom stereocenters. The van der Waals surface area contributed by atoms with Gasteiger partial charge in [0.15, 0.2) is 23.1 Å². The van der Waals surface area contributed by atoms with Crippen molar-refractivity contribution in [1.82, 2.24) is 24.2 Å². The van der Waals surface area contributed by atoms with Gasteiger partial charge in [0, 0.05) is 55.6 Å². The second-order valence-corrected chi connectivity index (χ2v) is 10.3. The van der Waals surface area contributed by atoms with Crippen LogP contribution in [0, 0.1) is 17.6 Å². The molecule has 210 valence electrons. The van der Waals surface area contributed by atoms with Crippen LogP contribution in [-0.2, 0) is 17.8 Å². The van der Waals surface area contributed by atoms with E-state index in [9.17, 15) is 4.79 Å². The second-order valence-electron chi connectivity index (χ2n) is 10.3. The molecule has 1 saturated carbocycles. The van der Waals surface area contributed by atoms with Crippen molar-refractivity contribution < 1.29 is 23.0 Å². The Morgan fingerprint density at radius 1 is 1.00 bits per heavy atom. The number of ether oxygens (including phenoxy) is 3. The van der Waals surface area contributed by atoms with Crippen LogP contribution >= 0.6 is 0 Å². The number of halogens is 2. The Balaban J connectivity index is 1.40. The van der Waals surface area contributed by atoms with Crippen LogP contribution in [0.1, 0.15) is 12.8 Å². The molecule has 0 radical (unpaired) electrons. The number of nitrogens with zero attached hydrogens (tertiary/aromatic N) is 5. The smallest absolute Gasteiger partial charge is 0.259 e. The largest absolute Gasteiger partial charge is 0.494 e. The fourth-order valence-corrected chi connectivity index (χ4v) is 5.16. The van der Waals surface area contributed by atoms with Crippen molar-refractivity contribution in [2.24, 2.45) is 5.92 Å². The molecule has 3 aromatic heterocycles. The highest BCUT2D eigenvalue weighted by atomic mass is 19.1. The molecule has 11 heteroatoms. The van der Waals surface area contributed by atoms with Crippen molar-refractivity contribution in [3.63, 3.8) is 0 Å². The molecule has 1 aliphatic heterocycles. The van der Waals surface area contributed by atoms with Gasteiger partial charge in [0.05, 0.1) is 62.5 Å². The maximum absolute atomic E-state index is 15.4. The molecule has 4 aromatic rings. The number of aromatic nitrogens is 4. The fraction of sp³-hybridized carbons (Fsp3) is 0.414. The lowest BCUT2D eigenvalue weighted by molar-refractivity contribution is 0.0360. The van der Waals surface area contributed by atoms with Gasteiger partial charge >= 0.3 is 0 Å². The van der Waals surface area contributed by atoms with Gasteiger partial charge in [0.1, 0.15) is 0 Å². The summed E-state index contributed by atoms with van der Waals surface area (Å²) < 4.78 is 49.9. The van der Waals surface area contributed by atoms with Gasteiger partial charge in [0.2, 0.25) is 0 Å². The summed E-state index contributed by atoms with van der Waals surface area (Å²) in [5, 5.41) is 5.10. The number of fused-ring (bicyclic) bond motifs is 1. The van der Waals surface area contributed by atoms with E-state index in [2.05, 4.69) is 15.0 Å². The molecule has 9 nitrogen and oxygen atoms in total. The normalized spacial score (nSPS) is 16.0. The van der Waals surface area contributed by atoms with Gasteiger partial charge in [-0.15, -0.1) is 0 Å². The Kier molecular flexibility index (Phi) is 7.24. The van der Waals surface area contributed by atoms with E-state index in [1.54, 1.807) is 17.0 Å². The molecule has 4 heterocycles. The monoisotopic (exact) mass is 551 g/mol. The Labute approximate surface area is 229 Å². The van der Waals surface area contributed by atoms with Crippen LogP contribution in [0.3, 0.4) is 0 Å². The van der Waals surface area contributed by atoms with E-state index >= 15 is 8.78 Å². The van der Waals surface area contributed by atoms with Crippen LogP contribution in [0.4, 0.5) is 8.78 Å². The predicted molar refractivity (Wildman–Crippen MR) is 146 cm³/mol. The van der Waals surface area contributed by atoms with Crippen molar-refractivity contribution >= 4 is 10.9 Å². The van der Waals surface area contributed by atoms with E-state index in [1.807, 2.05) is 16.9 Å². The summed E-state index contributed by atoms with van der Waals surface area (Å²) in [5.41, 5.74) is 1.09. The zero-order valence-electron chi connectivity index (χ0n) is 22.5. The molecule has 0 bridgehead atoms. The van der Waals surface area contributed by atoms with Crippen LogP contribution in [0.2, 0.25) is 0 Å². The zero-order valence-corrected chi connectivity index (χ0v) is 22.5. The molecule has 2 fully saturated rings. The first-order chi connectivity index (χ1) is 19.5. The van der Waals surface area contributed by atoms with Gasteiger partial charge < -0.3 is 18.8 Å². The maximum atomic E-state index is 15.4. The van der Waals surface area contributed by atoms with Crippen LogP contribution in [0.5, 0.6) is 11.5 Å². The number of rotatable bonds is 9. The molecule has 0 N–H and O–H groups in total. The van der Waals surface area contributed by atoms with E-state index in [4.69, 9.17) is 14.2 Å². The van der Waals surface area contributed by atoms with Crippen molar-refractivity contribution in [1.29, 1.82) is 0 Å². The van der Waals surface area contributed by atoms with E-state index in [-0.39, 0.29) is 17.1 Å². The first-order valence-electron chi connectivity index (χ1n) is 13.4. The standard InChI is InChI=1S/C29H31F2N5O4/c1-38-24-13-25(39-2)28(31)26(27(24)30)21-11-19-14-32-22(12-23(19)36(29(21)37)16-18-3-4-18)20-15-33-35(17-20)6-5-34-7-9-40-10-8-34/h11-15,17-18H,3-10,16H2,1-2H3. The van der Waals surface area contributed by atoms with Crippen LogP contribution < -0.4 is 15.0 Å². The van der Waals surface area contributed by atoms with Gasteiger partial charge in [-0.1, -0.05) is 0 Å². The van der Waals surface area contributed by atoms with Gasteiger partial charge in [-0.25, -0.2) is 8.78 Å². The minimum atomic E-state index is -0.954. The highest BCUT2D eigenvalue weighted by Gasteiger charge is 2.28. The van der Waals surface area contributed by atoms with Crippen molar-refractivity contribution in [3.05, 3.63) is 58.8 Å². The topological polar surface area (TPSA) is 83.6 Å². The maximum Gasteiger partial charge on any atom is 0.259 e. The second kappa shape index (κ2) is 11.0. The molecular formula is C29H31F2N5O4. The Bertz CT molecular complexity index is 1580. The van der Waals surface area contributed by atoms with E-state index in [1.165, 1.54) is 20.3 Å². The summed E-state index contributed by atoms with van der Waals surface area (Å²) in [6.07, 6.45) is 7.34. The molecule has 40 heavy (non-hydrogen) atoms. The highest BCUT2D eigenvalue weighted by molar-refractivity contribution is 5.86. The molecule has 0 atom stereocenters. The number of benzene rings is 1. The average Bonchev–Trinajstić information content (AvgIpc) is 3.68. The molecule has 0 amide bonds. The first-order valence-corrected chi connectivity index (χ1v) is 13.4. The lowest BCUT2D eigenvalue weighted by Crippen LogP contribution is -2.38. The van der Waals surface area contributed by atoms with Crippen LogP contribution in [0.15, 0.2) is 41.6 Å². The predicted octanol–water partition coefficient (Wildman–Crippen LogP) is 3.96. The number of methoxy groups -OCH3 is 2. The summed E-state index contributed by atoms with van der Waals surface area (Å²) in [7, 11) is 2.56. The zero-order chi connectivity index (χ0) is 27.8. The third-order valence-electron chi connectivity index (χ3n) is 7.64. The van der Waals surface area contributed by atoms with Crippen LogP contribution in [0.25, 0.3) is 33.3 Å². The molecule has 1 aromatic carbocycles. The fourth-order valence-electron chi connectivity index (χ4n) is 5.16. The van der Waals surface area contributed by atoms with Gasteiger partial charge in [-0.2, -0.15) is 5.10 Å². The number of morpholine rings is 1. The molecule has 2 aliphatic rings. The summed E-state index contributed by atoms with van der Waals surface area (Å²) in [5.74, 6) is -1.99. The van der Waals surface area contributed by atoms with E-state index in [0.717, 1.165) is 63.9 Å². The summed E-state index contributed by atoms with van der Waals surface area (Å²) in [6.45, 7) is 5.40. The summed E-state index contributed by atoms with van der Waals surface area (Å²) in [4.78, 5) is 20.8. The molecule has 0 spiro atoms. The van der Waals surface area contributed by atoms with Gasteiger partial charge in [-0.3, -0.25) is 19.4 Å². The van der Waals surface area contributed by atoms with Gasteiger partial charge in [-0.05, 0) is 30.9 Å². The summed E-state index contributed by atoms with van der Waals surface area (Å²) >= 11 is 0. The molecule has 1 saturated heterocycles. The number of hydrogen-bond acceptors (Lipinski definition) is 7. The van der Waals surface area contributed by atoms with Crippen molar-refractivity contribution in [2.45, 2.75) is 25.9 Å².